The number of benzene rings is 1. The zero-order valence-corrected chi connectivity index (χ0v) is 7.73. The van der Waals surface area contributed by atoms with E-state index in [0.717, 1.165) is 0 Å². The molecule has 0 heterocycles. The number of hydrogen-bond acceptors (Lipinski definition) is 2. The summed E-state index contributed by atoms with van der Waals surface area (Å²) in [6.07, 6.45) is -2.41. The molecular weight excluding hydrogens is 194 g/mol. The smallest absolute Gasteiger partial charge is 0.239 e. The fourth-order valence-corrected chi connectivity index (χ4v) is 1.74. The number of alkyl halides is 2. The van der Waals surface area contributed by atoms with Crippen molar-refractivity contribution in [3.63, 3.8) is 0 Å². The Kier molecular flexibility index (Phi) is 4.02. The van der Waals surface area contributed by atoms with Gasteiger partial charge in [0.1, 0.15) is 5.75 Å². The van der Waals surface area contributed by atoms with Crippen LogP contribution in [-0.2, 0) is 0 Å². The molecular formula is C9H10F2OS. The van der Waals surface area contributed by atoms with Crippen LogP contribution in [0.25, 0.3) is 0 Å². The van der Waals surface area contributed by atoms with Crippen molar-refractivity contribution in [2.45, 2.75) is 17.7 Å². The predicted molar refractivity (Wildman–Crippen MR) is 49.5 cm³/mol. The summed E-state index contributed by atoms with van der Waals surface area (Å²) in [5, 5.41) is 9.27. The summed E-state index contributed by atoms with van der Waals surface area (Å²) in [4.78, 5) is 0.656. The zero-order chi connectivity index (χ0) is 9.68. The second-order valence-corrected chi connectivity index (χ2v) is 3.63. The highest BCUT2D eigenvalue weighted by Crippen LogP contribution is 2.28. The van der Waals surface area contributed by atoms with Gasteiger partial charge in [0, 0.05) is 17.1 Å². The Morgan fingerprint density at radius 3 is 2.62 bits per heavy atom. The minimum Gasteiger partial charge on any atom is -0.507 e. The lowest BCUT2D eigenvalue weighted by Gasteiger charge is -2.02. The Bertz CT molecular complexity index is 266. The van der Waals surface area contributed by atoms with Gasteiger partial charge in [0.25, 0.3) is 0 Å². The van der Waals surface area contributed by atoms with Crippen LogP contribution in [0.3, 0.4) is 0 Å². The van der Waals surface area contributed by atoms with E-state index in [4.69, 9.17) is 0 Å². The average molecular weight is 204 g/mol. The molecule has 0 aliphatic carbocycles. The number of phenols is 1. The molecule has 0 unspecified atom stereocenters. The summed E-state index contributed by atoms with van der Waals surface area (Å²) < 4.78 is 23.5. The zero-order valence-electron chi connectivity index (χ0n) is 6.91. The molecule has 4 heteroatoms. The predicted octanol–water partition coefficient (Wildman–Crippen LogP) is 3.14. The minimum absolute atomic E-state index is 0.140. The molecule has 1 rings (SSSR count). The van der Waals surface area contributed by atoms with Gasteiger partial charge in [-0.3, -0.25) is 0 Å². The SMILES string of the molecule is Oc1ccccc1SCCC(F)F. The van der Waals surface area contributed by atoms with Crippen LogP contribution < -0.4 is 0 Å². The molecule has 13 heavy (non-hydrogen) atoms. The van der Waals surface area contributed by atoms with Crippen molar-refractivity contribution in [1.82, 2.24) is 0 Å². The number of aromatic hydroxyl groups is 1. The summed E-state index contributed by atoms with van der Waals surface area (Å²) in [5.74, 6) is 0.483. The molecule has 0 saturated carbocycles. The molecule has 1 aromatic rings. The molecule has 0 amide bonds. The van der Waals surface area contributed by atoms with E-state index in [1.807, 2.05) is 0 Å². The van der Waals surface area contributed by atoms with Crippen molar-refractivity contribution in [1.29, 1.82) is 0 Å². The fraction of sp³-hybridized carbons (Fsp3) is 0.333. The van der Waals surface area contributed by atoms with Crippen LogP contribution in [0.15, 0.2) is 29.2 Å². The quantitative estimate of drug-likeness (QED) is 0.760. The average Bonchev–Trinajstić information content (AvgIpc) is 2.08. The first kappa shape index (κ1) is 10.3. The Labute approximate surface area is 79.8 Å². The molecule has 1 N–H and O–H groups in total. The van der Waals surface area contributed by atoms with Crippen LogP contribution in [0.1, 0.15) is 6.42 Å². The van der Waals surface area contributed by atoms with Gasteiger partial charge in [-0.25, -0.2) is 8.78 Å². The van der Waals surface area contributed by atoms with Gasteiger partial charge in [-0.05, 0) is 12.1 Å². The van der Waals surface area contributed by atoms with E-state index >= 15 is 0 Å². The lowest BCUT2D eigenvalue weighted by atomic mass is 10.3. The highest BCUT2D eigenvalue weighted by atomic mass is 32.2. The summed E-state index contributed by atoms with van der Waals surface area (Å²) in [6.45, 7) is 0. The van der Waals surface area contributed by atoms with Crippen molar-refractivity contribution >= 4 is 11.8 Å². The molecule has 0 spiro atoms. The van der Waals surface area contributed by atoms with Gasteiger partial charge in [-0.2, -0.15) is 0 Å². The first-order valence-corrected chi connectivity index (χ1v) is 4.87. The number of halogens is 2. The molecule has 0 bridgehead atoms. The van der Waals surface area contributed by atoms with Crippen LogP contribution in [0.2, 0.25) is 0 Å². The molecule has 72 valence electrons. The molecule has 0 saturated heterocycles. The van der Waals surface area contributed by atoms with E-state index in [0.29, 0.717) is 10.6 Å². The van der Waals surface area contributed by atoms with Gasteiger partial charge >= 0.3 is 0 Å². The van der Waals surface area contributed by atoms with E-state index < -0.39 is 6.43 Å². The third-order valence-corrected chi connectivity index (χ3v) is 2.55. The van der Waals surface area contributed by atoms with E-state index in [1.54, 1.807) is 24.3 Å². The number of rotatable bonds is 4. The molecule has 0 aromatic heterocycles. The second-order valence-electron chi connectivity index (χ2n) is 2.50. The highest BCUT2D eigenvalue weighted by molar-refractivity contribution is 7.99. The highest BCUT2D eigenvalue weighted by Gasteiger charge is 2.04. The van der Waals surface area contributed by atoms with Gasteiger partial charge in [-0.15, -0.1) is 11.8 Å². The van der Waals surface area contributed by atoms with Gasteiger partial charge < -0.3 is 5.11 Å². The lowest BCUT2D eigenvalue weighted by Crippen LogP contribution is -1.91. The standard InChI is InChI=1S/C9H10F2OS/c10-9(11)5-6-13-8-4-2-1-3-7(8)12/h1-4,9,12H,5-6H2. The summed E-state index contributed by atoms with van der Waals surface area (Å²) in [5.41, 5.74) is 0. The van der Waals surface area contributed by atoms with Gasteiger partial charge in [0.05, 0.1) is 0 Å². The van der Waals surface area contributed by atoms with E-state index in [9.17, 15) is 13.9 Å². The van der Waals surface area contributed by atoms with Crippen LogP contribution >= 0.6 is 11.8 Å². The maximum Gasteiger partial charge on any atom is 0.239 e. The topological polar surface area (TPSA) is 20.2 Å². The van der Waals surface area contributed by atoms with Gasteiger partial charge in [-0.1, -0.05) is 12.1 Å². The monoisotopic (exact) mass is 204 g/mol. The van der Waals surface area contributed by atoms with Gasteiger partial charge in [0.2, 0.25) is 6.43 Å². The minimum atomic E-state index is -2.27. The number of phenolic OH excluding ortho intramolecular Hbond substituents is 1. The number of para-hydroxylation sites is 1. The normalized spacial score (nSPS) is 10.7. The molecule has 1 nitrogen and oxygen atoms in total. The molecule has 1 aromatic carbocycles. The van der Waals surface area contributed by atoms with Crippen molar-refractivity contribution in [2.24, 2.45) is 0 Å². The molecule has 0 atom stereocenters. The Morgan fingerprint density at radius 2 is 2.00 bits per heavy atom. The lowest BCUT2D eigenvalue weighted by molar-refractivity contribution is 0.145. The van der Waals surface area contributed by atoms with Crippen molar-refractivity contribution in [2.75, 3.05) is 5.75 Å². The van der Waals surface area contributed by atoms with Crippen molar-refractivity contribution in [3.8, 4) is 5.75 Å². The van der Waals surface area contributed by atoms with Crippen LogP contribution in [0.4, 0.5) is 8.78 Å². The van der Waals surface area contributed by atoms with E-state index in [2.05, 4.69) is 0 Å². The van der Waals surface area contributed by atoms with Crippen molar-refractivity contribution < 1.29 is 13.9 Å². The molecule has 0 fully saturated rings. The fourth-order valence-electron chi connectivity index (χ4n) is 0.837. The maximum atomic E-state index is 11.8. The molecule has 0 aliphatic rings. The number of thioether (sulfide) groups is 1. The number of hydrogen-bond donors (Lipinski definition) is 1. The third kappa shape index (κ3) is 3.63. The summed E-state index contributed by atoms with van der Waals surface area (Å²) in [7, 11) is 0. The summed E-state index contributed by atoms with van der Waals surface area (Å²) in [6, 6.07) is 6.73. The third-order valence-electron chi connectivity index (χ3n) is 1.46. The molecule has 0 aliphatic heterocycles. The van der Waals surface area contributed by atoms with Crippen LogP contribution in [0, 0.1) is 0 Å². The van der Waals surface area contributed by atoms with E-state index in [1.165, 1.54) is 11.8 Å². The summed E-state index contributed by atoms with van der Waals surface area (Å²) >= 11 is 1.25. The van der Waals surface area contributed by atoms with E-state index in [-0.39, 0.29) is 12.2 Å². The first-order valence-electron chi connectivity index (χ1n) is 3.89. The molecule has 0 radical (unpaired) electrons. The van der Waals surface area contributed by atoms with Crippen molar-refractivity contribution in [3.05, 3.63) is 24.3 Å². The Morgan fingerprint density at radius 1 is 1.31 bits per heavy atom. The van der Waals surface area contributed by atoms with Crippen LogP contribution in [-0.4, -0.2) is 17.3 Å². The largest absolute Gasteiger partial charge is 0.507 e. The Hall–Kier alpha value is -0.770. The maximum absolute atomic E-state index is 11.8. The Balaban J connectivity index is 2.41. The van der Waals surface area contributed by atoms with Crippen LogP contribution in [0.5, 0.6) is 5.75 Å². The van der Waals surface area contributed by atoms with Gasteiger partial charge in [0.15, 0.2) is 0 Å². The second kappa shape index (κ2) is 5.07. The first-order chi connectivity index (χ1) is 6.20.